The van der Waals surface area contributed by atoms with Crippen LogP contribution in [0.3, 0.4) is 0 Å². The van der Waals surface area contributed by atoms with Crippen LogP contribution in [0.4, 0.5) is 10.1 Å². The molecule has 0 radical (unpaired) electrons. The van der Waals surface area contributed by atoms with Crippen LogP contribution in [-0.2, 0) is 7.05 Å². The van der Waals surface area contributed by atoms with Gasteiger partial charge in [0.05, 0.1) is 17.6 Å². The maximum absolute atomic E-state index is 13.0. The minimum atomic E-state index is -0.222. The van der Waals surface area contributed by atoms with Crippen LogP contribution in [0.1, 0.15) is 24.2 Å². The molecule has 0 aliphatic rings. The van der Waals surface area contributed by atoms with Gasteiger partial charge >= 0.3 is 0 Å². The Morgan fingerprint density at radius 2 is 1.95 bits per heavy atom. The molecule has 3 rings (SSSR count). The highest BCUT2D eigenvalue weighted by Crippen LogP contribution is 2.23. The Morgan fingerprint density at radius 3 is 2.67 bits per heavy atom. The van der Waals surface area contributed by atoms with Crippen LogP contribution in [0, 0.1) is 12.7 Å². The lowest BCUT2D eigenvalue weighted by atomic mass is 10.1. The summed E-state index contributed by atoms with van der Waals surface area (Å²) in [4.78, 5) is 4.44. The van der Waals surface area contributed by atoms with Crippen molar-refractivity contribution in [2.45, 2.75) is 19.9 Å². The molecular weight excluding hydrogens is 267 g/mol. The van der Waals surface area contributed by atoms with E-state index in [1.807, 2.05) is 27.0 Å². The smallest absolute Gasteiger partial charge is 0.157 e. The normalized spacial score (nSPS) is 12.6. The average Bonchev–Trinajstić information content (AvgIpc) is 2.74. The van der Waals surface area contributed by atoms with Gasteiger partial charge in [-0.2, -0.15) is 5.10 Å². The quantitative estimate of drug-likeness (QED) is 0.799. The molecule has 0 spiro atoms. The predicted octanol–water partition coefficient (Wildman–Crippen LogP) is 3.59. The first kappa shape index (κ1) is 13.5. The van der Waals surface area contributed by atoms with Gasteiger partial charge in [-0.1, -0.05) is 12.1 Å². The molecule has 0 aliphatic heterocycles. The van der Waals surface area contributed by atoms with Gasteiger partial charge in [0, 0.05) is 18.5 Å². The van der Waals surface area contributed by atoms with E-state index in [4.69, 9.17) is 0 Å². The molecule has 0 bridgehead atoms. The van der Waals surface area contributed by atoms with Crippen molar-refractivity contribution in [1.82, 2.24) is 14.8 Å². The number of anilines is 1. The zero-order valence-electron chi connectivity index (χ0n) is 12.3. The van der Waals surface area contributed by atoms with Gasteiger partial charge in [-0.25, -0.2) is 9.37 Å². The molecule has 0 saturated heterocycles. The van der Waals surface area contributed by atoms with Crippen LogP contribution >= 0.6 is 0 Å². The molecule has 0 fully saturated rings. The predicted molar refractivity (Wildman–Crippen MR) is 81.7 cm³/mol. The maximum Gasteiger partial charge on any atom is 0.157 e. The number of fused-ring (bicyclic) bond motifs is 1. The largest absolute Gasteiger partial charge is 0.377 e. The number of halogens is 1. The second-order valence-corrected chi connectivity index (χ2v) is 5.22. The average molecular weight is 284 g/mol. The zero-order chi connectivity index (χ0) is 15.0. The van der Waals surface area contributed by atoms with Crippen LogP contribution in [0.2, 0.25) is 0 Å². The molecule has 0 amide bonds. The summed E-state index contributed by atoms with van der Waals surface area (Å²) < 4.78 is 14.7. The lowest BCUT2D eigenvalue weighted by molar-refractivity contribution is 0.626. The maximum atomic E-state index is 13.0. The number of nitrogens with zero attached hydrogens (tertiary/aromatic N) is 3. The summed E-state index contributed by atoms with van der Waals surface area (Å²) in [7, 11) is 1.89. The van der Waals surface area contributed by atoms with Crippen molar-refractivity contribution >= 4 is 16.7 Å². The van der Waals surface area contributed by atoms with Crippen molar-refractivity contribution in [3.63, 3.8) is 0 Å². The molecule has 0 saturated carbocycles. The van der Waals surface area contributed by atoms with E-state index in [9.17, 15) is 4.39 Å². The molecule has 108 valence electrons. The van der Waals surface area contributed by atoms with Gasteiger partial charge in [-0.05, 0) is 37.6 Å². The minimum Gasteiger partial charge on any atom is -0.377 e. The summed E-state index contributed by atoms with van der Waals surface area (Å²) in [5, 5.41) is 8.78. The SMILES string of the molecule is Cc1nn(C)c2ncc(NC(C)c3ccc(F)cc3)cc12. The molecule has 3 aromatic rings. The molecule has 21 heavy (non-hydrogen) atoms. The first-order valence-electron chi connectivity index (χ1n) is 6.86. The third-order valence-electron chi connectivity index (χ3n) is 3.62. The molecule has 4 nitrogen and oxygen atoms in total. The Bertz CT molecular complexity index is 777. The van der Waals surface area contributed by atoms with E-state index in [1.165, 1.54) is 12.1 Å². The van der Waals surface area contributed by atoms with E-state index in [2.05, 4.69) is 15.4 Å². The lowest BCUT2D eigenvalue weighted by Crippen LogP contribution is -2.07. The van der Waals surface area contributed by atoms with Crippen molar-refractivity contribution in [1.29, 1.82) is 0 Å². The van der Waals surface area contributed by atoms with E-state index < -0.39 is 0 Å². The highest BCUT2D eigenvalue weighted by Gasteiger charge is 2.09. The summed E-state index contributed by atoms with van der Waals surface area (Å²) in [6.07, 6.45) is 1.80. The molecule has 1 unspecified atom stereocenters. The zero-order valence-corrected chi connectivity index (χ0v) is 12.3. The van der Waals surface area contributed by atoms with Crippen LogP contribution in [0.25, 0.3) is 11.0 Å². The fourth-order valence-corrected chi connectivity index (χ4v) is 2.47. The van der Waals surface area contributed by atoms with Gasteiger partial charge in [-0.15, -0.1) is 0 Å². The highest BCUT2D eigenvalue weighted by atomic mass is 19.1. The van der Waals surface area contributed by atoms with Crippen LogP contribution in [-0.4, -0.2) is 14.8 Å². The first-order chi connectivity index (χ1) is 10.0. The van der Waals surface area contributed by atoms with Crippen LogP contribution in [0.15, 0.2) is 36.5 Å². The number of aryl methyl sites for hydroxylation is 2. The minimum absolute atomic E-state index is 0.0711. The number of pyridine rings is 1. The fourth-order valence-electron chi connectivity index (χ4n) is 2.47. The summed E-state index contributed by atoms with van der Waals surface area (Å²) in [5.74, 6) is -0.222. The van der Waals surface area contributed by atoms with Gasteiger partial charge in [0.25, 0.3) is 0 Å². The molecule has 1 atom stereocenters. The molecule has 2 heterocycles. The van der Waals surface area contributed by atoms with E-state index >= 15 is 0 Å². The Balaban J connectivity index is 1.87. The number of nitrogens with one attached hydrogen (secondary N) is 1. The topological polar surface area (TPSA) is 42.7 Å². The van der Waals surface area contributed by atoms with Crippen molar-refractivity contribution < 1.29 is 4.39 Å². The molecule has 1 aromatic carbocycles. The van der Waals surface area contributed by atoms with Gasteiger partial charge in [-0.3, -0.25) is 4.68 Å². The van der Waals surface area contributed by atoms with Gasteiger partial charge in [0.2, 0.25) is 0 Å². The monoisotopic (exact) mass is 284 g/mol. The first-order valence-corrected chi connectivity index (χ1v) is 6.86. The fraction of sp³-hybridized carbons (Fsp3) is 0.250. The number of aromatic nitrogens is 3. The highest BCUT2D eigenvalue weighted by molar-refractivity contribution is 5.81. The summed E-state index contributed by atoms with van der Waals surface area (Å²) in [6, 6.07) is 8.63. The number of hydrogen-bond acceptors (Lipinski definition) is 3. The standard InChI is InChI=1S/C16H17FN4/c1-10(12-4-6-13(17)7-5-12)19-14-8-15-11(2)20-21(3)16(15)18-9-14/h4-10,19H,1-3H3. The third-order valence-corrected chi connectivity index (χ3v) is 3.62. The summed E-state index contributed by atoms with van der Waals surface area (Å²) in [6.45, 7) is 4.00. The second kappa shape index (κ2) is 5.16. The number of benzene rings is 1. The van der Waals surface area contributed by atoms with E-state index in [1.54, 1.807) is 23.0 Å². The van der Waals surface area contributed by atoms with Crippen LogP contribution < -0.4 is 5.32 Å². The molecule has 5 heteroatoms. The van der Waals surface area contributed by atoms with Crippen molar-refractivity contribution in [2.24, 2.45) is 7.05 Å². The lowest BCUT2D eigenvalue weighted by Gasteiger charge is -2.15. The van der Waals surface area contributed by atoms with Crippen molar-refractivity contribution in [3.05, 3.63) is 53.6 Å². The summed E-state index contributed by atoms with van der Waals surface area (Å²) in [5.41, 5.74) is 3.78. The van der Waals surface area contributed by atoms with Crippen LogP contribution in [0.5, 0.6) is 0 Å². The molecule has 1 N–H and O–H groups in total. The Morgan fingerprint density at radius 1 is 1.24 bits per heavy atom. The van der Waals surface area contributed by atoms with E-state index in [0.717, 1.165) is 28.0 Å². The van der Waals surface area contributed by atoms with E-state index in [0.29, 0.717) is 0 Å². The summed E-state index contributed by atoms with van der Waals surface area (Å²) >= 11 is 0. The third kappa shape index (κ3) is 2.59. The van der Waals surface area contributed by atoms with E-state index in [-0.39, 0.29) is 11.9 Å². The number of rotatable bonds is 3. The Labute approximate surface area is 122 Å². The van der Waals surface area contributed by atoms with Crippen molar-refractivity contribution in [2.75, 3.05) is 5.32 Å². The molecule has 2 aromatic heterocycles. The Kier molecular flexibility index (Phi) is 3.33. The van der Waals surface area contributed by atoms with Gasteiger partial charge in [0.1, 0.15) is 5.82 Å². The molecular formula is C16H17FN4. The Hall–Kier alpha value is -2.43. The number of hydrogen-bond donors (Lipinski definition) is 1. The second-order valence-electron chi connectivity index (χ2n) is 5.22. The van der Waals surface area contributed by atoms with Crippen molar-refractivity contribution in [3.8, 4) is 0 Å². The van der Waals surface area contributed by atoms with Gasteiger partial charge in [0.15, 0.2) is 5.65 Å². The molecule has 0 aliphatic carbocycles. The van der Waals surface area contributed by atoms with Gasteiger partial charge < -0.3 is 5.32 Å².